The van der Waals surface area contributed by atoms with Crippen LogP contribution in [0.5, 0.6) is 0 Å². The van der Waals surface area contributed by atoms with Crippen molar-refractivity contribution in [3.63, 3.8) is 0 Å². The molecule has 6 atom stereocenters. The number of primary amides is 1. The number of carbonyl (C=O) groups excluding carboxylic acids is 5. The van der Waals surface area contributed by atoms with E-state index in [9.17, 15) is 29.1 Å². The van der Waals surface area contributed by atoms with Crippen LogP contribution < -0.4 is 21.7 Å². The van der Waals surface area contributed by atoms with Crippen molar-refractivity contribution in [3.8, 4) is 0 Å². The van der Waals surface area contributed by atoms with Crippen LogP contribution in [0.25, 0.3) is 0 Å². The predicted octanol–water partition coefficient (Wildman–Crippen LogP) is 2.18. The molecule has 50 heavy (non-hydrogen) atoms. The second kappa shape index (κ2) is 18.7. The van der Waals surface area contributed by atoms with Gasteiger partial charge >= 0.3 is 6.09 Å². The van der Waals surface area contributed by atoms with Crippen molar-refractivity contribution in [1.29, 1.82) is 0 Å². The van der Waals surface area contributed by atoms with Gasteiger partial charge in [-0.1, -0.05) is 38.2 Å². The second-order valence-electron chi connectivity index (χ2n) is 12.4. The van der Waals surface area contributed by atoms with Crippen molar-refractivity contribution in [3.05, 3.63) is 88.6 Å². The lowest BCUT2D eigenvalue weighted by atomic mass is 9.85. The van der Waals surface area contributed by atoms with E-state index in [1.54, 1.807) is 44.3 Å². The van der Waals surface area contributed by atoms with Crippen LogP contribution in [0.3, 0.4) is 0 Å². The van der Waals surface area contributed by atoms with Crippen LogP contribution in [0.1, 0.15) is 50.9 Å². The number of aliphatic hydroxyl groups excluding tert-OH is 1. The summed E-state index contributed by atoms with van der Waals surface area (Å²) in [5.74, 6) is -2.79. The lowest BCUT2D eigenvalue weighted by molar-refractivity contribution is -0.120. The highest BCUT2D eigenvalue weighted by Crippen LogP contribution is 2.28. The van der Waals surface area contributed by atoms with E-state index in [0.717, 1.165) is 6.08 Å². The highest BCUT2D eigenvalue weighted by molar-refractivity contribution is 6.23. The Bertz CT molecular complexity index is 1580. The molecule has 1 aromatic heterocycles. The molecular formula is C36H47N5O9. The number of aliphatic hydroxyl groups is 1. The van der Waals surface area contributed by atoms with E-state index in [4.69, 9.17) is 19.9 Å². The number of fused-ring (bicyclic) bond motifs is 2. The van der Waals surface area contributed by atoms with E-state index >= 15 is 0 Å². The van der Waals surface area contributed by atoms with Gasteiger partial charge in [0.05, 0.1) is 29.2 Å². The van der Waals surface area contributed by atoms with Crippen molar-refractivity contribution in [2.75, 3.05) is 27.3 Å². The maximum atomic E-state index is 13.9. The first kappa shape index (κ1) is 39.5. The summed E-state index contributed by atoms with van der Waals surface area (Å²) in [6, 6.07) is 3.26. The van der Waals surface area contributed by atoms with Crippen LogP contribution in [-0.2, 0) is 28.6 Å². The van der Waals surface area contributed by atoms with E-state index in [1.807, 2.05) is 6.92 Å². The van der Waals surface area contributed by atoms with Gasteiger partial charge in [-0.25, -0.2) is 4.79 Å². The van der Waals surface area contributed by atoms with Crippen molar-refractivity contribution >= 4 is 29.5 Å². The standard InChI is InChI=1S/C36H47N5O9/c1-20-15-25-30(39-13-14-40-35(46)24-10-8-12-38-19-24)27(42)18-26(32(25)44)41-34(45)21(2)9-7-11-28(48-5)33(50-36(37)47)23(4)17-22(3)31(43)29(16-20)49-6/h7-12,17-20,22,28-29,31,33,39,43H,13-16H2,1-6H3,(H2,37,47)(H,40,46)(H,41,45)/b11-7-,21-9+,23-17+/t20-,22+,28+,29+,31-,33+/m1/s1. The van der Waals surface area contributed by atoms with E-state index < -0.39 is 53.9 Å². The Kier molecular flexibility index (Phi) is 14.8. The summed E-state index contributed by atoms with van der Waals surface area (Å²) in [5.41, 5.74) is 6.54. The zero-order valence-corrected chi connectivity index (χ0v) is 29.2. The van der Waals surface area contributed by atoms with Gasteiger partial charge in [-0.3, -0.25) is 24.2 Å². The zero-order valence-electron chi connectivity index (χ0n) is 29.2. The van der Waals surface area contributed by atoms with Gasteiger partial charge in [0.15, 0.2) is 6.10 Å². The lowest BCUT2D eigenvalue weighted by Crippen LogP contribution is -2.39. The summed E-state index contributed by atoms with van der Waals surface area (Å²) >= 11 is 0. The fourth-order valence-corrected chi connectivity index (χ4v) is 5.74. The summed E-state index contributed by atoms with van der Waals surface area (Å²) in [6.07, 6.45) is 6.34. The maximum absolute atomic E-state index is 13.9. The Morgan fingerprint density at radius 1 is 1.12 bits per heavy atom. The molecule has 3 rings (SSSR count). The molecule has 6 N–H and O–H groups in total. The molecule has 0 spiro atoms. The third kappa shape index (κ3) is 10.8. The minimum atomic E-state index is -1.02. The van der Waals surface area contributed by atoms with Crippen LogP contribution in [0.2, 0.25) is 0 Å². The van der Waals surface area contributed by atoms with Crippen LogP contribution in [0.15, 0.2) is 83.0 Å². The molecule has 0 radical (unpaired) electrons. The number of carbonyl (C=O) groups is 5. The summed E-state index contributed by atoms with van der Waals surface area (Å²) < 4.78 is 16.6. The van der Waals surface area contributed by atoms with Crippen LogP contribution in [0.4, 0.5) is 4.79 Å². The summed E-state index contributed by atoms with van der Waals surface area (Å²) in [6.45, 7) is 7.17. The number of hydrogen-bond donors (Lipinski definition) is 5. The highest BCUT2D eigenvalue weighted by Gasteiger charge is 2.33. The molecule has 0 aromatic carbocycles. The number of aromatic nitrogens is 1. The summed E-state index contributed by atoms with van der Waals surface area (Å²) in [4.78, 5) is 68.6. The summed E-state index contributed by atoms with van der Waals surface area (Å²) in [7, 11) is 2.89. The first-order valence-electron chi connectivity index (χ1n) is 16.3. The van der Waals surface area contributed by atoms with E-state index in [1.165, 1.54) is 39.5 Å². The quantitative estimate of drug-likeness (QED) is 0.151. The number of nitrogens with two attached hydrogens (primary N) is 1. The van der Waals surface area contributed by atoms with Gasteiger partial charge in [0.25, 0.3) is 11.8 Å². The maximum Gasteiger partial charge on any atom is 0.405 e. The molecule has 270 valence electrons. The van der Waals surface area contributed by atoms with Crippen molar-refractivity contribution in [2.45, 2.75) is 65.0 Å². The number of Topliss-reactive ketones (excluding diaryl/α,β-unsaturated/α-hetero) is 1. The Morgan fingerprint density at radius 2 is 1.86 bits per heavy atom. The Hall–Kier alpha value is -4.92. The van der Waals surface area contributed by atoms with Gasteiger partial charge in [0.2, 0.25) is 11.6 Å². The number of hydrogen-bond acceptors (Lipinski definition) is 11. The smallest absolute Gasteiger partial charge is 0.405 e. The zero-order chi connectivity index (χ0) is 37.0. The predicted molar refractivity (Wildman–Crippen MR) is 184 cm³/mol. The highest BCUT2D eigenvalue weighted by atomic mass is 16.6. The minimum absolute atomic E-state index is 0.0594. The summed E-state index contributed by atoms with van der Waals surface area (Å²) in [5, 5.41) is 19.7. The largest absolute Gasteiger partial charge is 0.439 e. The van der Waals surface area contributed by atoms with E-state index in [0.29, 0.717) is 17.6 Å². The lowest BCUT2D eigenvalue weighted by Gasteiger charge is -2.30. The van der Waals surface area contributed by atoms with Crippen molar-refractivity contribution in [2.24, 2.45) is 17.6 Å². The first-order valence-corrected chi connectivity index (χ1v) is 16.3. The number of rotatable bonds is 8. The molecular weight excluding hydrogens is 646 g/mol. The fraction of sp³-hybridized carbons (Fsp3) is 0.444. The molecule has 1 aromatic rings. The molecule has 0 fully saturated rings. The van der Waals surface area contributed by atoms with E-state index in [2.05, 4.69) is 20.9 Å². The average Bonchev–Trinajstić information content (AvgIpc) is 3.08. The van der Waals surface area contributed by atoms with Gasteiger partial charge in [-0.2, -0.15) is 0 Å². The number of methoxy groups -OCH3 is 2. The molecule has 1 aliphatic heterocycles. The molecule has 2 bridgehead atoms. The van der Waals surface area contributed by atoms with Crippen LogP contribution in [-0.4, -0.2) is 91.3 Å². The number of ether oxygens (including phenoxy) is 3. The molecule has 14 heteroatoms. The molecule has 3 amide bonds. The van der Waals surface area contributed by atoms with Gasteiger partial charge < -0.3 is 41.0 Å². The van der Waals surface area contributed by atoms with Gasteiger partial charge in [-0.15, -0.1) is 0 Å². The number of amides is 3. The molecule has 14 nitrogen and oxygen atoms in total. The molecule has 1 aliphatic carbocycles. The topological polar surface area (TPSA) is 208 Å². The molecule has 2 aliphatic rings. The minimum Gasteiger partial charge on any atom is -0.439 e. The van der Waals surface area contributed by atoms with Crippen molar-refractivity contribution in [1.82, 2.24) is 20.9 Å². The molecule has 0 saturated heterocycles. The fourth-order valence-electron chi connectivity index (χ4n) is 5.74. The van der Waals surface area contributed by atoms with Gasteiger partial charge in [0, 0.05) is 62.8 Å². The Labute approximate surface area is 291 Å². The number of nitrogens with zero attached hydrogens (tertiary/aromatic N) is 1. The first-order chi connectivity index (χ1) is 23.8. The number of nitrogens with one attached hydrogen (secondary N) is 3. The third-order valence-corrected chi connectivity index (χ3v) is 8.43. The number of ketones is 2. The molecule has 0 saturated carbocycles. The number of allylic oxidation sites excluding steroid dienone is 4. The second-order valence-corrected chi connectivity index (χ2v) is 12.4. The number of pyridine rings is 1. The van der Waals surface area contributed by atoms with Crippen molar-refractivity contribution < 1.29 is 43.3 Å². The molecule has 0 unspecified atom stereocenters. The van der Waals surface area contributed by atoms with Crippen LogP contribution >= 0.6 is 0 Å². The Morgan fingerprint density at radius 3 is 2.50 bits per heavy atom. The monoisotopic (exact) mass is 693 g/mol. The van der Waals surface area contributed by atoms with Gasteiger partial charge in [-0.05, 0) is 50.3 Å². The molecule has 2 heterocycles. The third-order valence-electron chi connectivity index (χ3n) is 8.43. The van der Waals surface area contributed by atoms with Gasteiger partial charge in [0.1, 0.15) is 6.10 Å². The average molecular weight is 694 g/mol. The van der Waals surface area contributed by atoms with Crippen LogP contribution in [0, 0.1) is 11.8 Å². The normalized spacial score (nSPS) is 28.3. The Balaban J connectivity index is 1.97. The SMILES string of the molecule is CO[C@H]1/C=C\C=C(/C)C(=O)NC2=CC(=O)C(NCCNC(=O)c3cccnc3)=C(C[C@@H](C)C[C@H](OC)[C@H](O)[C@@H](C)/C=C(\C)[C@@H]1OC(N)=O)C2=O. The van der Waals surface area contributed by atoms with E-state index in [-0.39, 0.29) is 53.9 Å².